The van der Waals surface area contributed by atoms with Crippen LogP contribution in [0.4, 0.5) is 0 Å². The predicted molar refractivity (Wildman–Crippen MR) is 130 cm³/mol. The van der Waals surface area contributed by atoms with E-state index in [1.807, 2.05) is 67.6 Å². The maximum absolute atomic E-state index is 13.5. The van der Waals surface area contributed by atoms with Crippen molar-refractivity contribution in [3.63, 3.8) is 0 Å². The highest BCUT2D eigenvalue weighted by atomic mass is 35.5. The molecule has 32 heavy (non-hydrogen) atoms. The van der Waals surface area contributed by atoms with E-state index >= 15 is 0 Å². The molecule has 3 aromatic rings. The van der Waals surface area contributed by atoms with Gasteiger partial charge in [-0.2, -0.15) is 0 Å². The van der Waals surface area contributed by atoms with Gasteiger partial charge in [0.05, 0.1) is 6.42 Å². The Hall–Kier alpha value is -2.82. The smallest absolute Gasteiger partial charge is 0.243 e. The Kier molecular flexibility index (Phi) is 8.72. The Morgan fingerprint density at radius 2 is 1.59 bits per heavy atom. The lowest BCUT2D eigenvalue weighted by molar-refractivity contribution is -0.140. The van der Waals surface area contributed by atoms with Gasteiger partial charge in [0.2, 0.25) is 11.8 Å². The maximum Gasteiger partial charge on any atom is 0.243 e. The molecule has 2 amide bonds. The molecule has 166 valence electrons. The summed E-state index contributed by atoms with van der Waals surface area (Å²) in [7, 11) is 0. The molecule has 0 fully saturated rings. The number of halogens is 2. The van der Waals surface area contributed by atoms with Crippen LogP contribution in [0.3, 0.4) is 0 Å². The lowest BCUT2D eigenvalue weighted by Crippen LogP contribution is -2.51. The molecule has 0 aliphatic carbocycles. The minimum absolute atomic E-state index is 0.135. The lowest BCUT2D eigenvalue weighted by Gasteiger charge is -2.32. The van der Waals surface area contributed by atoms with Crippen LogP contribution in [0.1, 0.15) is 23.6 Å². The van der Waals surface area contributed by atoms with E-state index in [0.29, 0.717) is 23.0 Å². The number of carbonyl (C=O) groups is 2. The van der Waals surface area contributed by atoms with Gasteiger partial charge in [-0.1, -0.05) is 83.9 Å². The van der Waals surface area contributed by atoms with Crippen molar-refractivity contribution in [2.75, 3.05) is 6.54 Å². The van der Waals surface area contributed by atoms with Crippen molar-refractivity contribution in [1.29, 1.82) is 0 Å². The van der Waals surface area contributed by atoms with Crippen LogP contribution >= 0.6 is 23.2 Å². The number of benzene rings is 3. The van der Waals surface area contributed by atoms with Gasteiger partial charge in [-0.3, -0.25) is 9.59 Å². The maximum atomic E-state index is 13.5. The van der Waals surface area contributed by atoms with Gasteiger partial charge >= 0.3 is 0 Å². The third-order valence-electron chi connectivity index (χ3n) is 5.17. The molecule has 0 bridgehead atoms. The molecule has 0 spiro atoms. The van der Waals surface area contributed by atoms with E-state index in [4.69, 9.17) is 23.2 Å². The van der Waals surface area contributed by atoms with Crippen molar-refractivity contribution in [3.05, 3.63) is 106 Å². The third kappa shape index (κ3) is 6.59. The first-order valence-corrected chi connectivity index (χ1v) is 11.3. The molecule has 3 rings (SSSR count). The zero-order valence-corrected chi connectivity index (χ0v) is 19.4. The molecule has 0 aliphatic rings. The summed E-state index contributed by atoms with van der Waals surface area (Å²) in [6.07, 6.45) is 0.536. The van der Waals surface area contributed by atoms with Gasteiger partial charge < -0.3 is 10.2 Å². The van der Waals surface area contributed by atoms with E-state index in [1.54, 1.807) is 23.1 Å². The van der Waals surface area contributed by atoms with Crippen molar-refractivity contribution < 1.29 is 9.59 Å². The van der Waals surface area contributed by atoms with Crippen molar-refractivity contribution in [3.8, 4) is 0 Å². The number of hydrogen-bond acceptors (Lipinski definition) is 2. The van der Waals surface area contributed by atoms with Crippen LogP contribution in [0.25, 0.3) is 0 Å². The topological polar surface area (TPSA) is 49.4 Å². The van der Waals surface area contributed by atoms with Gasteiger partial charge in [0.1, 0.15) is 6.04 Å². The fraction of sp³-hybridized carbons (Fsp3) is 0.231. The molecule has 0 aliphatic heterocycles. The van der Waals surface area contributed by atoms with Crippen LogP contribution in [-0.2, 0) is 29.0 Å². The van der Waals surface area contributed by atoms with Crippen LogP contribution in [0.2, 0.25) is 10.0 Å². The number of carbonyl (C=O) groups excluding carboxylic acids is 2. The van der Waals surface area contributed by atoms with Crippen LogP contribution in [-0.4, -0.2) is 29.3 Å². The van der Waals surface area contributed by atoms with Gasteiger partial charge in [-0.15, -0.1) is 0 Å². The van der Waals surface area contributed by atoms with E-state index in [0.717, 1.165) is 16.7 Å². The van der Waals surface area contributed by atoms with Crippen molar-refractivity contribution in [2.24, 2.45) is 0 Å². The lowest BCUT2D eigenvalue weighted by atomic mass is 10.0. The zero-order valence-electron chi connectivity index (χ0n) is 17.9. The molecule has 1 N–H and O–H groups in total. The SMILES string of the molecule is CCNC(=O)[C@H](Cc1ccccc1)N(Cc1ccccc1Cl)C(=O)Cc1cccc(Cl)c1. The summed E-state index contributed by atoms with van der Waals surface area (Å²) in [4.78, 5) is 28.3. The van der Waals surface area contributed by atoms with E-state index in [9.17, 15) is 9.59 Å². The fourth-order valence-corrected chi connectivity index (χ4v) is 3.99. The first kappa shape index (κ1) is 23.8. The summed E-state index contributed by atoms with van der Waals surface area (Å²) in [6.45, 7) is 2.57. The second-order valence-electron chi connectivity index (χ2n) is 7.52. The standard InChI is InChI=1S/C26H26Cl2N2O2/c1-2-29-26(32)24(16-19-9-4-3-5-10-19)30(18-21-12-6-7-14-23(21)28)25(31)17-20-11-8-13-22(27)15-20/h3-15,24H,2,16-18H2,1H3,(H,29,32)/t24-/m0/s1. The Morgan fingerprint density at radius 3 is 2.28 bits per heavy atom. The Morgan fingerprint density at radius 1 is 0.906 bits per heavy atom. The summed E-state index contributed by atoms with van der Waals surface area (Å²) in [5.41, 5.74) is 2.56. The van der Waals surface area contributed by atoms with Gasteiger partial charge in [0, 0.05) is 29.6 Å². The van der Waals surface area contributed by atoms with Crippen LogP contribution in [0, 0.1) is 0 Å². The van der Waals surface area contributed by atoms with Crippen molar-refractivity contribution >= 4 is 35.0 Å². The number of nitrogens with zero attached hydrogens (tertiary/aromatic N) is 1. The summed E-state index contributed by atoms with van der Waals surface area (Å²) < 4.78 is 0. The molecule has 0 heterocycles. The first-order chi connectivity index (χ1) is 15.5. The van der Waals surface area contributed by atoms with Gasteiger partial charge in [-0.05, 0) is 41.8 Å². The average Bonchev–Trinajstić information content (AvgIpc) is 2.78. The number of hydrogen-bond donors (Lipinski definition) is 1. The largest absolute Gasteiger partial charge is 0.355 e. The fourth-order valence-electron chi connectivity index (χ4n) is 3.58. The van der Waals surface area contributed by atoms with E-state index in [2.05, 4.69) is 5.32 Å². The molecule has 0 aromatic heterocycles. The van der Waals surface area contributed by atoms with E-state index in [-0.39, 0.29) is 24.8 Å². The minimum atomic E-state index is -0.680. The van der Waals surface area contributed by atoms with Gasteiger partial charge in [0.15, 0.2) is 0 Å². The van der Waals surface area contributed by atoms with Crippen LogP contribution in [0.5, 0.6) is 0 Å². The van der Waals surface area contributed by atoms with Crippen molar-refractivity contribution in [2.45, 2.75) is 32.4 Å². The molecule has 0 saturated heterocycles. The van der Waals surface area contributed by atoms with Crippen LogP contribution in [0.15, 0.2) is 78.9 Å². The normalized spacial score (nSPS) is 11.6. The average molecular weight is 469 g/mol. The molecule has 0 saturated carbocycles. The van der Waals surface area contributed by atoms with E-state index in [1.165, 1.54) is 0 Å². The molecule has 0 radical (unpaired) electrons. The van der Waals surface area contributed by atoms with Gasteiger partial charge in [0.25, 0.3) is 0 Å². The van der Waals surface area contributed by atoms with Crippen molar-refractivity contribution in [1.82, 2.24) is 10.2 Å². The molecule has 4 nitrogen and oxygen atoms in total. The first-order valence-electron chi connectivity index (χ1n) is 10.6. The number of rotatable bonds is 9. The highest BCUT2D eigenvalue weighted by Crippen LogP contribution is 2.22. The Labute approximate surface area is 199 Å². The van der Waals surface area contributed by atoms with E-state index < -0.39 is 6.04 Å². The molecule has 0 unspecified atom stereocenters. The third-order valence-corrected chi connectivity index (χ3v) is 5.77. The molecular formula is C26H26Cl2N2O2. The zero-order chi connectivity index (χ0) is 22.9. The molecule has 6 heteroatoms. The monoisotopic (exact) mass is 468 g/mol. The minimum Gasteiger partial charge on any atom is -0.355 e. The quantitative estimate of drug-likeness (QED) is 0.462. The van der Waals surface area contributed by atoms with Gasteiger partial charge in [-0.25, -0.2) is 0 Å². The summed E-state index contributed by atoms with van der Waals surface area (Å²) in [6, 6.07) is 23.6. The number of nitrogens with one attached hydrogen (secondary N) is 1. The summed E-state index contributed by atoms with van der Waals surface area (Å²) in [5, 5.41) is 4.01. The second kappa shape index (κ2) is 11.7. The molecule has 3 aromatic carbocycles. The summed E-state index contributed by atoms with van der Waals surface area (Å²) in [5.74, 6) is -0.359. The number of amides is 2. The molecule has 1 atom stereocenters. The predicted octanol–water partition coefficient (Wildman–Crippen LogP) is 5.31. The number of likely N-dealkylation sites (N-methyl/N-ethyl adjacent to an activating group) is 1. The second-order valence-corrected chi connectivity index (χ2v) is 8.36. The summed E-state index contributed by atoms with van der Waals surface area (Å²) >= 11 is 12.5. The highest BCUT2D eigenvalue weighted by Gasteiger charge is 2.30. The van der Waals surface area contributed by atoms with Crippen LogP contribution < -0.4 is 5.32 Å². The Bertz CT molecular complexity index is 1060. The molecular weight excluding hydrogens is 443 g/mol. The Balaban J connectivity index is 1.97. The highest BCUT2D eigenvalue weighted by molar-refractivity contribution is 6.31.